The van der Waals surface area contributed by atoms with Crippen LogP contribution in [-0.4, -0.2) is 26.4 Å². The van der Waals surface area contributed by atoms with Crippen LogP contribution < -0.4 is 18.5 Å². The SMILES string of the molecule is CC(C)CCCCCCCCCCO.N.N.N.O=P(O)(O)O. The Balaban J connectivity index is -0.000000105. The number of phosphoric acid groups is 1. The molecule has 0 aliphatic carbocycles. The van der Waals surface area contributed by atoms with Gasteiger partial charge in [0.15, 0.2) is 0 Å². The van der Waals surface area contributed by atoms with Crippen molar-refractivity contribution in [1.29, 1.82) is 0 Å². The van der Waals surface area contributed by atoms with Gasteiger partial charge in [0, 0.05) is 6.61 Å². The van der Waals surface area contributed by atoms with Crippen molar-refractivity contribution in [2.75, 3.05) is 6.61 Å². The Kier molecular flexibility index (Phi) is 35.4. The number of hydrogen-bond acceptors (Lipinski definition) is 5. The lowest BCUT2D eigenvalue weighted by Gasteiger charge is -2.04. The molecular formula is C13H40N3O5P. The van der Waals surface area contributed by atoms with E-state index in [2.05, 4.69) is 13.8 Å². The lowest BCUT2D eigenvalue weighted by Crippen LogP contribution is -1.87. The summed E-state index contributed by atoms with van der Waals surface area (Å²) in [5.74, 6) is 0.875. The summed E-state index contributed by atoms with van der Waals surface area (Å²) in [6, 6.07) is 0. The lowest BCUT2D eigenvalue weighted by atomic mass is 10.0. The summed E-state index contributed by atoms with van der Waals surface area (Å²) in [7, 11) is -4.64. The van der Waals surface area contributed by atoms with Crippen molar-refractivity contribution in [3.05, 3.63) is 0 Å². The van der Waals surface area contributed by atoms with Crippen molar-refractivity contribution in [2.24, 2.45) is 5.92 Å². The van der Waals surface area contributed by atoms with E-state index in [0.29, 0.717) is 6.61 Å². The molecule has 0 bridgehead atoms. The Morgan fingerprint density at radius 1 is 0.727 bits per heavy atom. The first-order valence-corrected chi connectivity index (χ1v) is 8.73. The van der Waals surface area contributed by atoms with Crippen molar-refractivity contribution in [3.8, 4) is 0 Å². The highest BCUT2D eigenvalue weighted by Gasteiger charge is 2.00. The average Bonchev–Trinajstić information content (AvgIpc) is 2.24. The first kappa shape index (κ1) is 33.5. The monoisotopic (exact) mass is 349 g/mol. The topological polar surface area (TPSA) is 203 Å². The molecule has 0 aliphatic heterocycles. The van der Waals surface area contributed by atoms with E-state index >= 15 is 0 Å². The van der Waals surface area contributed by atoms with Gasteiger partial charge < -0.3 is 38.2 Å². The highest BCUT2D eigenvalue weighted by molar-refractivity contribution is 7.45. The van der Waals surface area contributed by atoms with Crippen LogP contribution in [0.25, 0.3) is 0 Å². The molecule has 0 rings (SSSR count). The summed E-state index contributed by atoms with van der Waals surface area (Å²) in [5, 5.41) is 8.59. The quantitative estimate of drug-likeness (QED) is 0.228. The second kappa shape index (κ2) is 23.2. The minimum atomic E-state index is -4.64. The first-order valence-electron chi connectivity index (χ1n) is 7.16. The summed E-state index contributed by atoms with van der Waals surface area (Å²) < 4.78 is 8.88. The Morgan fingerprint density at radius 3 is 1.27 bits per heavy atom. The molecule has 142 valence electrons. The van der Waals surface area contributed by atoms with Crippen LogP contribution >= 0.6 is 7.82 Å². The van der Waals surface area contributed by atoms with Gasteiger partial charge in [0.05, 0.1) is 0 Å². The molecule has 0 aliphatic rings. The maximum atomic E-state index is 8.88. The summed E-state index contributed by atoms with van der Waals surface area (Å²) in [6.07, 6.45) is 11.9. The van der Waals surface area contributed by atoms with Crippen LogP contribution in [0.1, 0.15) is 71.6 Å². The summed E-state index contributed by atoms with van der Waals surface area (Å²) in [5.41, 5.74) is 0. The van der Waals surface area contributed by atoms with E-state index in [9.17, 15) is 0 Å². The molecule has 22 heavy (non-hydrogen) atoms. The molecular weight excluding hydrogens is 309 g/mol. The van der Waals surface area contributed by atoms with Gasteiger partial charge in [-0.3, -0.25) is 0 Å². The van der Waals surface area contributed by atoms with E-state index < -0.39 is 7.82 Å². The summed E-state index contributed by atoms with van der Waals surface area (Å²) >= 11 is 0. The summed E-state index contributed by atoms with van der Waals surface area (Å²) in [4.78, 5) is 21.6. The highest BCUT2D eigenvalue weighted by Crippen LogP contribution is 2.25. The molecule has 0 unspecified atom stereocenters. The van der Waals surface area contributed by atoms with Gasteiger partial charge in [-0.25, -0.2) is 4.57 Å². The standard InChI is InChI=1S/C13H28O.3H3N.H3O4P/c1-13(2)11-9-7-5-3-4-6-8-10-12-14;;;;1-5(2,3)4/h13-14H,3-12H2,1-2H3;3*1H3;(H3,1,2,3,4). The minimum Gasteiger partial charge on any atom is -0.396 e. The van der Waals surface area contributed by atoms with Crippen LogP contribution in [0.5, 0.6) is 0 Å². The van der Waals surface area contributed by atoms with Crippen molar-refractivity contribution < 1.29 is 24.4 Å². The third-order valence-electron chi connectivity index (χ3n) is 2.69. The second-order valence-corrected chi connectivity index (χ2v) is 6.27. The Bertz CT molecular complexity index is 219. The van der Waals surface area contributed by atoms with E-state index in [1.165, 1.54) is 51.4 Å². The Labute approximate surface area is 135 Å². The molecule has 0 spiro atoms. The molecule has 0 fully saturated rings. The van der Waals surface area contributed by atoms with Crippen molar-refractivity contribution in [3.63, 3.8) is 0 Å². The zero-order valence-corrected chi connectivity index (χ0v) is 15.3. The molecule has 0 atom stereocenters. The van der Waals surface area contributed by atoms with Crippen molar-refractivity contribution >= 4 is 7.82 Å². The average molecular weight is 349 g/mol. The van der Waals surface area contributed by atoms with E-state index in [1.807, 2.05) is 0 Å². The van der Waals surface area contributed by atoms with Crippen molar-refractivity contribution in [1.82, 2.24) is 18.5 Å². The van der Waals surface area contributed by atoms with Gasteiger partial charge in [0.1, 0.15) is 0 Å². The predicted octanol–water partition coefficient (Wildman–Crippen LogP) is 3.70. The van der Waals surface area contributed by atoms with E-state index in [0.717, 1.165) is 12.3 Å². The van der Waals surface area contributed by atoms with E-state index in [1.54, 1.807) is 0 Å². The molecule has 0 heterocycles. The van der Waals surface area contributed by atoms with Gasteiger partial charge in [0.25, 0.3) is 0 Å². The lowest BCUT2D eigenvalue weighted by molar-refractivity contribution is 0.275. The smallest absolute Gasteiger partial charge is 0.396 e. The van der Waals surface area contributed by atoms with Crippen molar-refractivity contribution in [2.45, 2.75) is 71.6 Å². The zero-order chi connectivity index (χ0) is 15.1. The molecule has 0 saturated heterocycles. The number of aliphatic hydroxyl groups is 1. The molecule has 13 N–H and O–H groups in total. The number of hydrogen-bond donors (Lipinski definition) is 7. The molecule has 9 heteroatoms. The van der Waals surface area contributed by atoms with Gasteiger partial charge >= 0.3 is 7.82 Å². The van der Waals surface area contributed by atoms with Gasteiger partial charge in [-0.2, -0.15) is 0 Å². The molecule has 0 saturated carbocycles. The molecule has 0 amide bonds. The fourth-order valence-corrected chi connectivity index (χ4v) is 1.73. The van der Waals surface area contributed by atoms with Crippen LogP contribution in [0.15, 0.2) is 0 Å². The minimum absolute atomic E-state index is 0. The summed E-state index contributed by atoms with van der Waals surface area (Å²) in [6.45, 7) is 4.97. The number of aliphatic hydroxyl groups excluding tert-OH is 1. The third kappa shape index (κ3) is 59.7. The molecule has 8 nitrogen and oxygen atoms in total. The molecule has 0 aromatic heterocycles. The molecule has 0 radical (unpaired) electrons. The largest absolute Gasteiger partial charge is 0.466 e. The molecule has 0 aromatic rings. The van der Waals surface area contributed by atoms with Gasteiger partial charge in [-0.05, 0) is 12.3 Å². The Hall–Kier alpha value is -0.0500. The highest BCUT2D eigenvalue weighted by atomic mass is 31.2. The maximum Gasteiger partial charge on any atom is 0.466 e. The van der Waals surface area contributed by atoms with E-state index in [-0.39, 0.29) is 18.5 Å². The Morgan fingerprint density at radius 2 is 1.00 bits per heavy atom. The van der Waals surface area contributed by atoms with Gasteiger partial charge in [0.2, 0.25) is 0 Å². The van der Waals surface area contributed by atoms with Crippen LogP contribution in [0.2, 0.25) is 0 Å². The first-order chi connectivity index (χ1) is 8.77. The van der Waals surface area contributed by atoms with Gasteiger partial charge in [-0.1, -0.05) is 65.2 Å². The predicted molar refractivity (Wildman–Crippen MR) is 92.8 cm³/mol. The van der Waals surface area contributed by atoms with Crippen LogP contribution in [0.3, 0.4) is 0 Å². The fraction of sp³-hybridized carbons (Fsp3) is 1.00. The normalized spacial score (nSPS) is 9.77. The fourth-order valence-electron chi connectivity index (χ4n) is 1.73. The molecule has 0 aromatic carbocycles. The second-order valence-electron chi connectivity index (χ2n) is 5.25. The maximum absolute atomic E-state index is 8.88. The number of rotatable bonds is 10. The third-order valence-corrected chi connectivity index (χ3v) is 2.69. The van der Waals surface area contributed by atoms with Crippen LogP contribution in [0, 0.1) is 5.92 Å². The number of unbranched alkanes of at least 4 members (excludes halogenated alkanes) is 7. The van der Waals surface area contributed by atoms with Crippen LogP contribution in [0.4, 0.5) is 0 Å². The van der Waals surface area contributed by atoms with Gasteiger partial charge in [-0.15, -0.1) is 0 Å². The zero-order valence-electron chi connectivity index (χ0n) is 14.4. The van der Waals surface area contributed by atoms with E-state index in [4.69, 9.17) is 24.4 Å². The van der Waals surface area contributed by atoms with Crippen LogP contribution in [-0.2, 0) is 4.57 Å².